The Morgan fingerprint density at radius 1 is 1.33 bits per heavy atom. The first-order valence-electron chi connectivity index (χ1n) is 7.44. The molecule has 0 saturated heterocycles. The Hall–Kier alpha value is -1.18. The summed E-state index contributed by atoms with van der Waals surface area (Å²) in [7, 11) is -3.75. The van der Waals surface area contributed by atoms with Gasteiger partial charge in [-0.3, -0.25) is 0 Å². The van der Waals surface area contributed by atoms with Crippen molar-refractivity contribution >= 4 is 15.7 Å². The Morgan fingerprint density at radius 3 is 2.86 bits per heavy atom. The molecule has 1 saturated carbocycles. The van der Waals surface area contributed by atoms with Crippen LogP contribution in [0.5, 0.6) is 0 Å². The summed E-state index contributed by atoms with van der Waals surface area (Å²) in [4.78, 5) is 3.99. The van der Waals surface area contributed by atoms with E-state index in [0.29, 0.717) is 25.1 Å². The SMILES string of the molecule is CCNc1cccnc1S(=O)(=O)NC1CCCCCC1O. The number of anilines is 1. The average Bonchev–Trinajstić information content (AvgIpc) is 2.65. The summed E-state index contributed by atoms with van der Waals surface area (Å²) in [5, 5.41) is 13.1. The molecule has 1 fully saturated rings. The number of pyridine rings is 1. The van der Waals surface area contributed by atoms with Gasteiger partial charge in [-0.25, -0.2) is 18.1 Å². The highest BCUT2D eigenvalue weighted by Crippen LogP contribution is 2.22. The third kappa shape index (κ3) is 4.15. The van der Waals surface area contributed by atoms with Gasteiger partial charge in [-0.1, -0.05) is 19.3 Å². The van der Waals surface area contributed by atoms with Crippen molar-refractivity contribution in [2.24, 2.45) is 0 Å². The van der Waals surface area contributed by atoms with E-state index in [2.05, 4.69) is 15.0 Å². The predicted octanol–water partition coefficient (Wildman–Crippen LogP) is 1.49. The first-order valence-corrected chi connectivity index (χ1v) is 8.92. The van der Waals surface area contributed by atoms with Crippen LogP contribution in [0.4, 0.5) is 5.69 Å². The van der Waals surface area contributed by atoms with Crippen LogP contribution in [0.25, 0.3) is 0 Å². The van der Waals surface area contributed by atoms with E-state index in [1.54, 1.807) is 12.1 Å². The van der Waals surface area contributed by atoms with Crippen LogP contribution in [-0.4, -0.2) is 37.2 Å². The van der Waals surface area contributed by atoms with Crippen LogP contribution in [0, 0.1) is 0 Å². The third-order valence-corrected chi connectivity index (χ3v) is 5.13. The molecule has 1 heterocycles. The van der Waals surface area contributed by atoms with Gasteiger partial charge < -0.3 is 10.4 Å². The zero-order chi connectivity index (χ0) is 15.3. The van der Waals surface area contributed by atoms with Gasteiger partial charge in [-0.2, -0.15) is 0 Å². The highest BCUT2D eigenvalue weighted by atomic mass is 32.2. The molecule has 6 nitrogen and oxygen atoms in total. The summed E-state index contributed by atoms with van der Waals surface area (Å²) in [6.07, 6.45) is 5.01. The summed E-state index contributed by atoms with van der Waals surface area (Å²) in [6.45, 7) is 2.51. The summed E-state index contributed by atoms with van der Waals surface area (Å²) >= 11 is 0. The molecule has 0 amide bonds. The van der Waals surface area contributed by atoms with E-state index in [0.717, 1.165) is 19.3 Å². The van der Waals surface area contributed by atoms with Gasteiger partial charge in [0.25, 0.3) is 10.0 Å². The Kier molecular flexibility index (Phi) is 5.55. The van der Waals surface area contributed by atoms with E-state index < -0.39 is 22.2 Å². The maximum absolute atomic E-state index is 12.5. The van der Waals surface area contributed by atoms with E-state index >= 15 is 0 Å². The standard InChI is InChI=1S/C14H23N3O3S/c1-2-15-12-8-6-10-16-14(12)21(19,20)17-11-7-4-3-5-9-13(11)18/h6,8,10-11,13,15,17-18H,2-5,7,9H2,1H3. The quantitative estimate of drug-likeness (QED) is 0.716. The highest BCUT2D eigenvalue weighted by molar-refractivity contribution is 7.89. The number of aliphatic hydroxyl groups is 1. The van der Waals surface area contributed by atoms with E-state index in [-0.39, 0.29) is 5.03 Å². The molecule has 0 bridgehead atoms. The third-order valence-electron chi connectivity index (χ3n) is 3.68. The van der Waals surface area contributed by atoms with E-state index in [1.165, 1.54) is 6.20 Å². The molecule has 2 rings (SSSR count). The molecule has 0 aromatic carbocycles. The fourth-order valence-electron chi connectivity index (χ4n) is 2.61. The number of aliphatic hydroxyl groups excluding tert-OH is 1. The van der Waals surface area contributed by atoms with Crippen LogP contribution in [0.2, 0.25) is 0 Å². The average molecular weight is 313 g/mol. The van der Waals surface area contributed by atoms with Crippen LogP contribution in [0.15, 0.2) is 23.4 Å². The lowest BCUT2D eigenvalue weighted by Gasteiger charge is -2.22. The Balaban J connectivity index is 2.21. The minimum Gasteiger partial charge on any atom is -0.391 e. The van der Waals surface area contributed by atoms with Crippen LogP contribution < -0.4 is 10.0 Å². The molecule has 2 unspecified atom stereocenters. The van der Waals surface area contributed by atoms with E-state index in [9.17, 15) is 13.5 Å². The molecule has 0 aliphatic heterocycles. The Bertz CT molecular complexity index is 562. The van der Waals surface area contributed by atoms with Crippen molar-refractivity contribution in [1.29, 1.82) is 0 Å². The molecular formula is C14H23N3O3S. The molecule has 118 valence electrons. The van der Waals surface area contributed by atoms with Gasteiger partial charge in [0.05, 0.1) is 11.8 Å². The number of hydrogen-bond acceptors (Lipinski definition) is 5. The molecule has 21 heavy (non-hydrogen) atoms. The molecule has 2 atom stereocenters. The Morgan fingerprint density at radius 2 is 2.10 bits per heavy atom. The minimum absolute atomic E-state index is 0.0108. The molecule has 1 aromatic heterocycles. The van der Waals surface area contributed by atoms with Crippen LogP contribution in [0.3, 0.4) is 0 Å². The predicted molar refractivity (Wildman–Crippen MR) is 81.6 cm³/mol. The Labute approximate surface area is 126 Å². The molecule has 7 heteroatoms. The molecule has 0 radical (unpaired) electrons. The molecule has 0 spiro atoms. The van der Waals surface area contributed by atoms with Crippen molar-refractivity contribution in [3.63, 3.8) is 0 Å². The summed E-state index contributed by atoms with van der Waals surface area (Å²) in [5.74, 6) is 0. The van der Waals surface area contributed by atoms with Crippen LogP contribution >= 0.6 is 0 Å². The van der Waals surface area contributed by atoms with Crippen molar-refractivity contribution < 1.29 is 13.5 Å². The second-order valence-electron chi connectivity index (χ2n) is 5.32. The van der Waals surface area contributed by atoms with Gasteiger partial charge in [-0.15, -0.1) is 0 Å². The van der Waals surface area contributed by atoms with E-state index in [1.807, 2.05) is 6.92 Å². The molecule has 1 aliphatic rings. The molecular weight excluding hydrogens is 290 g/mol. The molecule has 1 aliphatic carbocycles. The number of sulfonamides is 1. The lowest BCUT2D eigenvalue weighted by molar-refractivity contribution is 0.130. The monoisotopic (exact) mass is 313 g/mol. The maximum Gasteiger partial charge on any atom is 0.260 e. The number of nitrogens with zero attached hydrogens (tertiary/aromatic N) is 1. The minimum atomic E-state index is -3.75. The normalized spacial score (nSPS) is 23.5. The van der Waals surface area contributed by atoms with Gasteiger partial charge >= 0.3 is 0 Å². The topological polar surface area (TPSA) is 91.3 Å². The maximum atomic E-state index is 12.5. The lowest BCUT2D eigenvalue weighted by atomic mass is 10.1. The fraction of sp³-hybridized carbons (Fsp3) is 0.643. The number of nitrogens with one attached hydrogen (secondary N) is 2. The molecule has 3 N–H and O–H groups in total. The largest absolute Gasteiger partial charge is 0.391 e. The lowest BCUT2D eigenvalue weighted by Crippen LogP contribution is -2.43. The number of hydrogen-bond donors (Lipinski definition) is 3. The van der Waals surface area contributed by atoms with Gasteiger partial charge in [0.2, 0.25) is 0 Å². The van der Waals surface area contributed by atoms with Crippen molar-refractivity contribution in [3.05, 3.63) is 18.3 Å². The first-order chi connectivity index (χ1) is 10.0. The summed E-state index contributed by atoms with van der Waals surface area (Å²) in [5.41, 5.74) is 0.482. The van der Waals surface area contributed by atoms with Crippen molar-refractivity contribution in [3.8, 4) is 0 Å². The smallest absolute Gasteiger partial charge is 0.260 e. The first kappa shape index (κ1) is 16.2. The molecule has 1 aromatic rings. The number of rotatable bonds is 5. The second-order valence-corrected chi connectivity index (χ2v) is 6.95. The number of aromatic nitrogens is 1. The van der Waals surface area contributed by atoms with Crippen LogP contribution in [0.1, 0.15) is 39.0 Å². The fourth-order valence-corrected chi connectivity index (χ4v) is 4.03. The van der Waals surface area contributed by atoms with Gasteiger partial charge in [-0.05, 0) is 31.9 Å². The van der Waals surface area contributed by atoms with Gasteiger partial charge in [0.1, 0.15) is 0 Å². The zero-order valence-corrected chi connectivity index (χ0v) is 13.1. The highest BCUT2D eigenvalue weighted by Gasteiger charge is 2.29. The van der Waals surface area contributed by atoms with Crippen LogP contribution in [-0.2, 0) is 10.0 Å². The van der Waals surface area contributed by atoms with Crippen molar-refractivity contribution in [2.45, 2.75) is 56.2 Å². The summed E-state index contributed by atoms with van der Waals surface area (Å²) in [6, 6.07) is 2.94. The van der Waals surface area contributed by atoms with Gasteiger partial charge in [0.15, 0.2) is 5.03 Å². The van der Waals surface area contributed by atoms with Crippen molar-refractivity contribution in [2.75, 3.05) is 11.9 Å². The van der Waals surface area contributed by atoms with Crippen molar-refractivity contribution in [1.82, 2.24) is 9.71 Å². The zero-order valence-electron chi connectivity index (χ0n) is 12.2. The van der Waals surface area contributed by atoms with E-state index in [4.69, 9.17) is 0 Å². The second kappa shape index (κ2) is 7.20. The van der Waals surface area contributed by atoms with Gasteiger partial charge in [0, 0.05) is 18.8 Å². The summed E-state index contributed by atoms with van der Waals surface area (Å²) < 4.78 is 27.7.